The molecule has 0 aliphatic carbocycles. The molecule has 0 aromatic heterocycles. The van der Waals surface area contributed by atoms with Crippen molar-refractivity contribution in [1.29, 1.82) is 0 Å². The Morgan fingerprint density at radius 1 is 1.44 bits per heavy atom. The van der Waals surface area contributed by atoms with Crippen LogP contribution in [-0.2, 0) is 12.8 Å². The number of rotatable bonds is 2. The van der Waals surface area contributed by atoms with E-state index in [0.29, 0.717) is 12.1 Å². The summed E-state index contributed by atoms with van der Waals surface area (Å²) >= 11 is 2.77. The zero-order valence-corrected chi connectivity index (χ0v) is 9.17. The van der Waals surface area contributed by atoms with Crippen LogP contribution < -0.4 is 0 Å². The predicted molar refractivity (Wildman–Crippen MR) is 51.7 cm³/mol. The zero-order chi connectivity index (χ0) is 12.5. The average molecular weight is 300 g/mol. The van der Waals surface area contributed by atoms with E-state index in [2.05, 4.69) is 15.9 Å². The van der Waals surface area contributed by atoms with Crippen molar-refractivity contribution >= 4 is 21.6 Å². The van der Waals surface area contributed by atoms with Crippen LogP contribution in [-0.4, -0.2) is 10.0 Å². The van der Waals surface area contributed by atoms with Crippen LogP contribution in [0.1, 0.15) is 11.1 Å². The van der Waals surface area contributed by atoms with Crippen LogP contribution in [0.3, 0.4) is 0 Å². The number of nitro groups is 1. The van der Waals surface area contributed by atoms with E-state index in [9.17, 15) is 23.3 Å². The zero-order valence-electron chi connectivity index (χ0n) is 7.58. The van der Waals surface area contributed by atoms with E-state index >= 15 is 0 Å². The van der Waals surface area contributed by atoms with Gasteiger partial charge in [0, 0.05) is 6.07 Å². The van der Waals surface area contributed by atoms with Crippen LogP contribution >= 0.6 is 15.9 Å². The minimum absolute atomic E-state index is 0.145. The van der Waals surface area contributed by atoms with Crippen molar-refractivity contribution < 1.29 is 23.2 Å². The molecule has 1 N–H and O–H groups in total. The number of halogens is 4. The maximum absolute atomic E-state index is 12.4. The Labute approximate surface area is 96.0 Å². The molecule has 0 aliphatic rings. The maximum atomic E-state index is 12.4. The Balaban J connectivity index is 3.46. The van der Waals surface area contributed by atoms with Gasteiger partial charge in [0.1, 0.15) is 4.47 Å². The first-order valence-electron chi connectivity index (χ1n) is 3.92. The fraction of sp³-hybridized carbons (Fsp3) is 0.250. The number of alkyl halides is 3. The number of benzene rings is 1. The molecular weight excluding hydrogens is 295 g/mol. The van der Waals surface area contributed by atoms with Crippen molar-refractivity contribution in [2.45, 2.75) is 12.8 Å². The molecule has 8 heteroatoms. The third kappa shape index (κ3) is 2.50. The molecule has 88 valence electrons. The molecular formula is C8H5BrF3NO3. The molecule has 1 rings (SSSR count). The highest BCUT2D eigenvalue weighted by Gasteiger charge is 2.34. The van der Waals surface area contributed by atoms with E-state index in [-0.39, 0.29) is 10.0 Å². The Kier molecular flexibility index (Phi) is 3.54. The van der Waals surface area contributed by atoms with Crippen molar-refractivity contribution in [2.24, 2.45) is 0 Å². The van der Waals surface area contributed by atoms with Gasteiger partial charge in [-0.25, -0.2) is 0 Å². The highest BCUT2D eigenvalue weighted by molar-refractivity contribution is 9.10. The lowest BCUT2D eigenvalue weighted by Gasteiger charge is -2.09. The lowest BCUT2D eigenvalue weighted by molar-refractivity contribution is -0.386. The van der Waals surface area contributed by atoms with Crippen molar-refractivity contribution in [1.82, 2.24) is 0 Å². The highest BCUT2D eigenvalue weighted by atomic mass is 79.9. The van der Waals surface area contributed by atoms with E-state index in [1.807, 2.05) is 0 Å². The summed E-state index contributed by atoms with van der Waals surface area (Å²) < 4.78 is 36.9. The van der Waals surface area contributed by atoms with Gasteiger partial charge in [0.25, 0.3) is 5.69 Å². The molecule has 0 saturated carbocycles. The lowest BCUT2D eigenvalue weighted by Crippen LogP contribution is -2.07. The Hall–Kier alpha value is -1.15. The van der Waals surface area contributed by atoms with Crippen LogP contribution in [0.4, 0.5) is 18.9 Å². The summed E-state index contributed by atoms with van der Waals surface area (Å²) in [5, 5.41) is 19.3. The summed E-state index contributed by atoms with van der Waals surface area (Å²) in [5.41, 5.74) is -2.06. The van der Waals surface area contributed by atoms with Gasteiger partial charge in [0.05, 0.1) is 17.1 Å². The molecule has 16 heavy (non-hydrogen) atoms. The fourth-order valence-corrected chi connectivity index (χ4v) is 1.58. The fourth-order valence-electron chi connectivity index (χ4n) is 1.08. The van der Waals surface area contributed by atoms with Gasteiger partial charge in [-0.15, -0.1) is 0 Å². The predicted octanol–water partition coefficient (Wildman–Crippen LogP) is 2.87. The molecule has 0 fully saturated rings. The monoisotopic (exact) mass is 299 g/mol. The maximum Gasteiger partial charge on any atom is 0.416 e. The molecule has 0 bridgehead atoms. The third-order valence-corrected chi connectivity index (χ3v) is 2.74. The smallest absolute Gasteiger partial charge is 0.392 e. The number of hydrogen-bond donors (Lipinski definition) is 1. The van der Waals surface area contributed by atoms with Gasteiger partial charge in [-0.1, -0.05) is 0 Å². The van der Waals surface area contributed by atoms with Gasteiger partial charge in [-0.2, -0.15) is 13.2 Å². The minimum Gasteiger partial charge on any atom is -0.392 e. The number of aliphatic hydroxyl groups excluding tert-OH is 1. The molecule has 1 aromatic rings. The molecule has 0 unspecified atom stereocenters. The SMILES string of the molecule is O=[N+]([O-])c1cc(C(F)(F)F)cc(CO)c1Br. The minimum atomic E-state index is -4.69. The molecule has 0 saturated heterocycles. The van der Waals surface area contributed by atoms with Crippen LogP contribution in [0.15, 0.2) is 16.6 Å². The Bertz CT molecular complexity index is 433. The molecule has 0 heterocycles. The number of aliphatic hydroxyl groups is 1. The van der Waals surface area contributed by atoms with Gasteiger partial charge in [0.2, 0.25) is 0 Å². The van der Waals surface area contributed by atoms with Crippen molar-refractivity contribution in [3.05, 3.63) is 37.8 Å². The molecule has 0 spiro atoms. The largest absolute Gasteiger partial charge is 0.416 e. The van der Waals surface area contributed by atoms with Crippen molar-refractivity contribution in [3.8, 4) is 0 Å². The van der Waals surface area contributed by atoms with E-state index in [1.54, 1.807) is 0 Å². The first kappa shape index (κ1) is 12.9. The van der Waals surface area contributed by atoms with Gasteiger partial charge in [-0.3, -0.25) is 10.1 Å². The topological polar surface area (TPSA) is 63.4 Å². The van der Waals surface area contributed by atoms with E-state index in [4.69, 9.17) is 5.11 Å². The number of nitrogens with zero attached hydrogens (tertiary/aromatic N) is 1. The van der Waals surface area contributed by atoms with Gasteiger partial charge in [-0.05, 0) is 27.6 Å². The Morgan fingerprint density at radius 3 is 2.38 bits per heavy atom. The quantitative estimate of drug-likeness (QED) is 0.674. The summed E-state index contributed by atoms with van der Waals surface area (Å²) in [4.78, 5) is 9.55. The molecule has 4 nitrogen and oxygen atoms in total. The molecule has 0 radical (unpaired) electrons. The van der Waals surface area contributed by atoms with Crippen molar-refractivity contribution in [3.63, 3.8) is 0 Å². The second-order valence-corrected chi connectivity index (χ2v) is 3.67. The molecule has 0 aliphatic heterocycles. The number of nitro benzene ring substituents is 1. The molecule has 0 amide bonds. The summed E-state index contributed by atoms with van der Waals surface area (Å²) in [6.45, 7) is -0.717. The number of hydrogen-bond acceptors (Lipinski definition) is 3. The second-order valence-electron chi connectivity index (χ2n) is 2.88. The van der Waals surface area contributed by atoms with Gasteiger partial charge >= 0.3 is 6.18 Å². The lowest BCUT2D eigenvalue weighted by atomic mass is 10.1. The second kappa shape index (κ2) is 4.38. The third-order valence-electron chi connectivity index (χ3n) is 1.82. The summed E-state index contributed by atoms with van der Waals surface area (Å²) in [6, 6.07) is 1.08. The van der Waals surface area contributed by atoms with Crippen LogP contribution in [0.2, 0.25) is 0 Å². The van der Waals surface area contributed by atoms with Crippen LogP contribution in [0.25, 0.3) is 0 Å². The van der Waals surface area contributed by atoms with Gasteiger partial charge < -0.3 is 5.11 Å². The first-order chi connectivity index (χ1) is 7.27. The van der Waals surface area contributed by atoms with E-state index in [1.165, 1.54) is 0 Å². The van der Waals surface area contributed by atoms with Gasteiger partial charge in [0.15, 0.2) is 0 Å². The highest BCUT2D eigenvalue weighted by Crippen LogP contribution is 2.37. The summed E-state index contributed by atoms with van der Waals surface area (Å²) in [7, 11) is 0. The summed E-state index contributed by atoms with van der Waals surface area (Å²) in [5.74, 6) is 0. The molecule has 0 atom stereocenters. The normalized spacial score (nSPS) is 11.6. The van der Waals surface area contributed by atoms with Crippen molar-refractivity contribution in [2.75, 3.05) is 0 Å². The standard InChI is InChI=1S/C8H5BrF3NO3/c9-7-4(3-14)1-5(8(10,11)12)2-6(7)13(15)16/h1-2,14H,3H2. The first-order valence-corrected chi connectivity index (χ1v) is 4.71. The van der Waals surface area contributed by atoms with Crippen LogP contribution in [0.5, 0.6) is 0 Å². The van der Waals surface area contributed by atoms with E-state index < -0.39 is 29.0 Å². The Morgan fingerprint density at radius 2 is 2.00 bits per heavy atom. The average Bonchev–Trinajstić information content (AvgIpc) is 2.15. The van der Waals surface area contributed by atoms with Crippen LogP contribution in [0, 0.1) is 10.1 Å². The van der Waals surface area contributed by atoms with E-state index in [0.717, 1.165) is 0 Å². The summed E-state index contributed by atoms with van der Waals surface area (Å²) in [6.07, 6.45) is -4.69. The molecule has 1 aromatic carbocycles.